The molecule has 0 rings (SSSR count). The summed E-state index contributed by atoms with van der Waals surface area (Å²) >= 11 is 0. The molecule has 3 nitrogen and oxygen atoms in total. The molecule has 80 valence electrons. The molecule has 0 aromatic carbocycles. The van der Waals surface area contributed by atoms with E-state index in [2.05, 4.69) is 6.92 Å². The molecule has 0 spiro atoms. The minimum absolute atomic E-state index is 0.173. The molecule has 0 amide bonds. The van der Waals surface area contributed by atoms with Gasteiger partial charge in [0.1, 0.15) is 6.23 Å². The molecule has 0 heterocycles. The fourth-order valence-electron chi connectivity index (χ4n) is 1.18. The van der Waals surface area contributed by atoms with Crippen molar-refractivity contribution in [2.45, 2.75) is 59.0 Å². The average Bonchev–Trinajstić information content (AvgIpc) is 2.05. The van der Waals surface area contributed by atoms with Gasteiger partial charge in [0.25, 0.3) is 0 Å². The van der Waals surface area contributed by atoms with Crippen LogP contribution >= 0.6 is 0 Å². The largest absolute Gasteiger partial charge is 0.353 e. The van der Waals surface area contributed by atoms with Crippen molar-refractivity contribution in [1.29, 1.82) is 0 Å². The normalized spacial score (nSPS) is 15.7. The van der Waals surface area contributed by atoms with Crippen LogP contribution in [0.5, 0.6) is 0 Å². The van der Waals surface area contributed by atoms with Crippen molar-refractivity contribution in [1.82, 2.24) is 0 Å². The molecule has 2 N–H and O–H groups in total. The zero-order valence-corrected chi connectivity index (χ0v) is 9.08. The van der Waals surface area contributed by atoms with Gasteiger partial charge in [-0.05, 0) is 26.7 Å². The SMILES string of the molecule is CCCCCC(N)OC(C)OCC. The molecule has 0 radical (unpaired) electrons. The Kier molecular flexibility index (Phi) is 8.40. The highest BCUT2D eigenvalue weighted by Crippen LogP contribution is 2.05. The monoisotopic (exact) mass is 189 g/mol. The first kappa shape index (κ1) is 12.9. The minimum atomic E-state index is -0.179. The van der Waals surface area contributed by atoms with Gasteiger partial charge in [-0.2, -0.15) is 0 Å². The highest BCUT2D eigenvalue weighted by Gasteiger charge is 2.07. The lowest BCUT2D eigenvalue weighted by atomic mass is 10.2. The van der Waals surface area contributed by atoms with Crippen molar-refractivity contribution < 1.29 is 9.47 Å². The van der Waals surface area contributed by atoms with Crippen LogP contribution in [0.1, 0.15) is 46.5 Å². The standard InChI is InChI=1S/C10H23NO2/c1-4-6-7-8-10(11)13-9(3)12-5-2/h9-10H,4-8,11H2,1-3H3. The number of nitrogens with two attached hydrogens (primary N) is 1. The maximum absolute atomic E-state index is 5.74. The molecule has 0 aliphatic carbocycles. The second kappa shape index (κ2) is 8.48. The van der Waals surface area contributed by atoms with Crippen LogP contribution in [0, 0.1) is 0 Å². The summed E-state index contributed by atoms with van der Waals surface area (Å²) in [5.74, 6) is 0. The molecule has 2 atom stereocenters. The van der Waals surface area contributed by atoms with E-state index in [1.807, 2.05) is 13.8 Å². The van der Waals surface area contributed by atoms with Gasteiger partial charge in [-0.3, -0.25) is 0 Å². The van der Waals surface area contributed by atoms with E-state index in [9.17, 15) is 0 Å². The molecular formula is C10H23NO2. The first-order valence-corrected chi connectivity index (χ1v) is 5.23. The first-order valence-electron chi connectivity index (χ1n) is 5.23. The van der Waals surface area contributed by atoms with Crippen LogP contribution in [0.3, 0.4) is 0 Å². The number of hydrogen-bond acceptors (Lipinski definition) is 3. The predicted octanol–water partition coefficient (Wildman–Crippen LogP) is 2.25. The van der Waals surface area contributed by atoms with Gasteiger partial charge in [0, 0.05) is 6.61 Å². The summed E-state index contributed by atoms with van der Waals surface area (Å²) in [5.41, 5.74) is 5.74. The lowest BCUT2D eigenvalue weighted by Gasteiger charge is -2.18. The summed E-state index contributed by atoms with van der Waals surface area (Å²) in [7, 11) is 0. The molecular weight excluding hydrogens is 166 g/mol. The second-order valence-corrected chi connectivity index (χ2v) is 3.19. The number of rotatable bonds is 8. The second-order valence-electron chi connectivity index (χ2n) is 3.19. The average molecular weight is 189 g/mol. The third-order valence-corrected chi connectivity index (χ3v) is 1.86. The zero-order valence-electron chi connectivity index (χ0n) is 9.08. The van der Waals surface area contributed by atoms with Gasteiger partial charge in [-0.1, -0.05) is 19.8 Å². The van der Waals surface area contributed by atoms with E-state index >= 15 is 0 Å². The van der Waals surface area contributed by atoms with Gasteiger partial charge < -0.3 is 15.2 Å². The first-order chi connectivity index (χ1) is 6.20. The van der Waals surface area contributed by atoms with Crippen molar-refractivity contribution in [2.75, 3.05) is 6.61 Å². The smallest absolute Gasteiger partial charge is 0.156 e. The predicted molar refractivity (Wildman–Crippen MR) is 54.3 cm³/mol. The summed E-state index contributed by atoms with van der Waals surface area (Å²) < 4.78 is 10.6. The Morgan fingerprint density at radius 1 is 1.23 bits per heavy atom. The Labute approximate surface area is 81.6 Å². The van der Waals surface area contributed by atoms with E-state index in [1.165, 1.54) is 12.8 Å². The van der Waals surface area contributed by atoms with Crippen molar-refractivity contribution in [3.63, 3.8) is 0 Å². The van der Waals surface area contributed by atoms with Gasteiger partial charge in [-0.25, -0.2) is 0 Å². The molecule has 13 heavy (non-hydrogen) atoms. The van der Waals surface area contributed by atoms with Crippen LogP contribution in [0.2, 0.25) is 0 Å². The quantitative estimate of drug-likeness (QED) is 0.470. The van der Waals surface area contributed by atoms with E-state index < -0.39 is 0 Å². The van der Waals surface area contributed by atoms with E-state index in [4.69, 9.17) is 15.2 Å². The maximum atomic E-state index is 5.74. The lowest BCUT2D eigenvalue weighted by Crippen LogP contribution is -2.29. The molecule has 0 aliphatic heterocycles. The van der Waals surface area contributed by atoms with Crippen LogP contribution in [0.4, 0.5) is 0 Å². The van der Waals surface area contributed by atoms with Crippen molar-refractivity contribution in [2.24, 2.45) is 5.73 Å². The van der Waals surface area contributed by atoms with Crippen LogP contribution in [-0.4, -0.2) is 19.1 Å². The summed E-state index contributed by atoms with van der Waals surface area (Å²) in [6.45, 7) is 6.67. The molecule has 0 fully saturated rings. The number of ether oxygens (including phenoxy) is 2. The Bertz CT molecular complexity index is 109. The third-order valence-electron chi connectivity index (χ3n) is 1.86. The summed E-state index contributed by atoms with van der Waals surface area (Å²) in [5, 5.41) is 0. The minimum Gasteiger partial charge on any atom is -0.353 e. The molecule has 0 bridgehead atoms. The Morgan fingerprint density at radius 2 is 1.92 bits per heavy atom. The van der Waals surface area contributed by atoms with Crippen LogP contribution < -0.4 is 5.73 Å². The van der Waals surface area contributed by atoms with Gasteiger partial charge in [0.05, 0.1) is 0 Å². The summed E-state index contributed by atoms with van der Waals surface area (Å²) in [6, 6.07) is 0. The summed E-state index contributed by atoms with van der Waals surface area (Å²) in [6.07, 6.45) is 4.14. The van der Waals surface area contributed by atoms with Crippen molar-refractivity contribution in [3.8, 4) is 0 Å². The van der Waals surface area contributed by atoms with E-state index in [-0.39, 0.29) is 12.5 Å². The van der Waals surface area contributed by atoms with Gasteiger partial charge in [0.15, 0.2) is 6.29 Å². The van der Waals surface area contributed by atoms with Gasteiger partial charge in [0.2, 0.25) is 0 Å². The Morgan fingerprint density at radius 3 is 2.46 bits per heavy atom. The topological polar surface area (TPSA) is 44.5 Å². The van der Waals surface area contributed by atoms with Crippen LogP contribution in [0.25, 0.3) is 0 Å². The van der Waals surface area contributed by atoms with Crippen molar-refractivity contribution >= 4 is 0 Å². The Hall–Kier alpha value is -0.120. The fourth-order valence-corrected chi connectivity index (χ4v) is 1.18. The van der Waals surface area contributed by atoms with E-state index in [0.717, 1.165) is 12.8 Å². The molecule has 2 unspecified atom stereocenters. The lowest BCUT2D eigenvalue weighted by molar-refractivity contribution is -0.157. The van der Waals surface area contributed by atoms with E-state index in [1.54, 1.807) is 0 Å². The number of unbranched alkanes of at least 4 members (excludes halogenated alkanes) is 2. The van der Waals surface area contributed by atoms with Crippen molar-refractivity contribution in [3.05, 3.63) is 0 Å². The third kappa shape index (κ3) is 8.22. The molecule has 0 saturated carbocycles. The maximum Gasteiger partial charge on any atom is 0.156 e. The van der Waals surface area contributed by atoms with Crippen LogP contribution in [-0.2, 0) is 9.47 Å². The van der Waals surface area contributed by atoms with Gasteiger partial charge in [-0.15, -0.1) is 0 Å². The van der Waals surface area contributed by atoms with Crippen LogP contribution in [0.15, 0.2) is 0 Å². The van der Waals surface area contributed by atoms with Gasteiger partial charge >= 0.3 is 0 Å². The molecule has 0 saturated heterocycles. The molecule has 0 aromatic heterocycles. The zero-order chi connectivity index (χ0) is 10.1. The molecule has 3 heteroatoms. The fraction of sp³-hybridized carbons (Fsp3) is 1.00. The highest BCUT2D eigenvalue weighted by molar-refractivity contribution is 4.49. The van der Waals surface area contributed by atoms with E-state index in [0.29, 0.717) is 6.61 Å². The summed E-state index contributed by atoms with van der Waals surface area (Å²) in [4.78, 5) is 0. The highest BCUT2D eigenvalue weighted by atomic mass is 16.7. The Balaban J connectivity index is 3.32. The molecule has 0 aliphatic rings. The number of hydrogen-bond donors (Lipinski definition) is 1. The molecule has 0 aromatic rings.